The van der Waals surface area contributed by atoms with Gasteiger partial charge in [-0.15, -0.1) is 0 Å². The molecule has 1 N–H and O–H groups in total. The third-order valence-electron chi connectivity index (χ3n) is 3.35. The van der Waals surface area contributed by atoms with Crippen LogP contribution in [0.15, 0.2) is 47.4 Å². The van der Waals surface area contributed by atoms with E-state index < -0.39 is 18.5 Å². The number of hydrogen-bond donors (Lipinski definition) is 1. The van der Waals surface area contributed by atoms with Gasteiger partial charge in [0.1, 0.15) is 6.54 Å². The Morgan fingerprint density at radius 1 is 1.13 bits per heavy atom. The van der Waals surface area contributed by atoms with Crippen LogP contribution in [-0.2, 0) is 20.9 Å². The lowest BCUT2D eigenvalue weighted by molar-refractivity contribution is -0.147. The minimum Gasteiger partial charge on any atom is -0.454 e. The van der Waals surface area contributed by atoms with Gasteiger partial charge in [-0.1, -0.05) is 12.1 Å². The average Bonchev–Trinajstić information content (AvgIpc) is 2.51. The summed E-state index contributed by atoms with van der Waals surface area (Å²) < 4.78 is 6.09. The lowest BCUT2D eigenvalue weighted by Gasteiger charge is -2.09. The molecular weight excluding hydrogens is 296 g/mol. The number of esters is 1. The first-order valence-corrected chi connectivity index (χ1v) is 7.14. The van der Waals surface area contributed by atoms with Crippen LogP contribution in [0.1, 0.15) is 11.1 Å². The van der Waals surface area contributed by atoms with E-state index in [9.17, 15) is 14.4 Å². The second kappa shape index (κ2) is 7.40. The molecule has 0 spiro atoms. The largest absolute Gasteiger partial charge is 0.454 e. The SMILES string of the molecule is Cc1ccc(NC(=O)COC(=O)Cn2ccccc2=O)cc1C. The quantitative estimate of drug-likeness (QED) is 0.851. The van der Waals surface area contributed by atoms with Crippen molar-refractivity contribution < 1.29 is 14.3 Å². The fourth-order valence-electron chi connectivity index (χ4n) is 1.94. The number of hydrogen-bond acceptors (Lipinski definition) is 4. The third-order valence-corrected chi connectivity index (χ3v) is 3.35. The maximum Gasteiger partial charge on any atom is 0.326 e. The van der Waals surface area contributed by atoms with Gasteiger partial charge in [-0.05, 0) is 43.2 Å². The number of aromatic nitrogens is 1. The van der Waals surface area contributed by atoms with Gasteiger partial charge < -0.3 is 14.6 Å². The van der Waals surface area contributed by atoms with Crippen molar-refractivity contribution in [1.82, 2.24) is 4.57 Å². The third kappa shape index (κ3) is 4.81. The molecule has 120 valence electrons. The normalized spacial score (nSPS) is 10.2. The van der Waals surface area contributed by atoms with Crippen molar-refractivity contribution in [2.45, 2.75) is 20.4 Å². The number of anilines is 1. The second-order valence-corrected chi connectivity index (χ2v) is 5.17. The van der Waals surface area contributed by atoms with Crippen LogP contribution < -0.4 is 10.9 Å². The van der Waals surface area contributed by atoms with Crippen molar-refractivity contribution in [3.05, 3.63) is 64.1 Å². The Labute approximate surface area is 133 Å². The smallest absolute Gasteiger partial charge is 0.326 e. The van der Waals surface area contributed by atoms with Crippen molar-refractivity contribution in [2.24, 2.45) is 0 Å². The van der Waals surface area contributed by atoms with Crippen molar-refractivity contribution >= 4 is 17.6 Å². The van der Waals surface area contributed by atoms with Crippen LogP contribution in [0, 0.1) is 13.8 Å². The van der Waals surface area contributed by atoms with Crippen LogP contribution in [0.3, 0.4) is 0 Å². The minimum atomic E-state index is -0.645. The first-order chi connectivity index (χ1) is 11.0. The number of aryl methyl sites for hydroxylation is 2. The van der Waals surface area contributed by atoms with E-state index in [0.29, 0.717) is 5.69 Å². The molecule has 0 aliphatic carbocycles. The van der Waals surface area contributed by atoms with Gasteiger partial charge in [-0.2, -0.15) is 0 Å². The molecule has 2 rings (SSSR count). The van der Waals surface area contributed by atoms with E-state index in [2.05, 4.69) is 5.32 Å². The Morgan fingerprint density at radius 3 is 2.61 bits per heavy atom. The monoisotopic (exact) mass is 314 g/mol. The number of pyridine rings is 1. The van der Waals surface area contributed by atoms with Gasteiger partial charge in [0.25, 0.3) is 11.5 Å². The maximum absolute atomic E-state index is 11.8. The minimum absolute atomic E-state index is 0.226. The Bertz CT molecular complexity index is 780. The van der Waals surface area contributed by atoms with Crippen LogP contribution >= 0.6 is 0 Å². The topological polar surface area (TPSA) is 77.4 Å². The summed E-state index contributed by atoms with van der Waals surface area (Å²) in [6.07, 6.45) is 1.48. The molecule has 1 heterocycles. The molecule has 0 atom stereocenters. The molecular formula is C17H18N2O4. The van der Waals surface area contributed by atoms with Gasteiger partial charge in [-0.25, -0.2) is 0 Å². The molecule has 0 unspecified atom stereocenters. The fraction of sp³-hybridized carbons (Fsp3) is 0.235. The predicted octanol–water partition coefficient (Wildman–Crippen LogP) is 1.65. The van der Waals surface area contributed by atoms with Gasteiger partial charge in [0.05, 0.1) is 0 Å². The lowest BCUT2D eigenvalue weighted by Crippen LogP contribution is -2.26. The highest BCUT2D eigenvalue weighted by molar-refractivity contribution is 5.92. The standard InChI is InChI=1S/C17H18N2O4/c1-12-6-7-14(9-13(12)2)18-15(20)11-23-17(22)10-19-8-4-3-5-16(19)21/h3-9H,10-11H2,1-2H3,(H,18,20). The molecule has 1 amide bonds. The van der Waals surface area contributed by atoms with E-state index in [0.717, 1.165) is 11.1 Å². The summed E-state index contributed by atoms with van der Waals surface area (Å²) in [5.74, 6) is -1.07. The second-order valence-electron chi connectivity index (χ2n) is 5.17. The van der Waals surface area contributed by atoms with E-state index in [-0.39, 0.29) is 12.1 Å². The summed E-state index contributed by atoms with van der Waals surface area (Å²) in [5.41, 5.74) is 2.53. The highest BCUT2D eigenvalue weighted by Gasteiger charge is 2.09. The van der Waals surface area contributed by atoms with E-state index in [4.69, 9.17) is 4.74 Å². The molecule has 0 fully saturated rings. The molecule has 6 nitrogen and oxygen atoms in total. The zero-order chi connectivity index (χ0) is 16.8. The molecule has 0 aliphatic heterocycles. The van der Waals surface area contributed by atoms with E-state index in [1.54, 1.807) is 18.2 Å². The van der Waals surface area contributed by atoms with Gasteiger partial charge >= 0.3 is 5.97 Å². The Hall–Kier alpha value is -2.89. The van der Waals surface area contributed by atoms with Gasteiger partial charge in [0.15, 0.2) is 6.61 Å². The highest BCUT2D eigenvalue weighted by Crippen LogP contribution is 2.13. The van der Waals surface area contributed by atoms with E-state index in [1.165, 1.54) is 16.8 Å². The number of carbonyl (C=O) groups is 2. The van der Waals surface area contributed by atoms with E-state index in [1.807, 2.05) is 26.0 Å². The zero-order valence-corrected chi connectivity index (χ0v) is 13.0. The van der Waals surface area contributed by atoms with Crippen LogP contribution in [-0.4, -0.2) is 23.1 Å². The fourth-order valence-corrected chi connectivity index (χ4v) is 1.94. The van der Waals surface area contributed by atoms with Gasteiger partial charge in [0.2, 0.25) is 0 Å². The number of benzene rings is 1. The zero-order valence-electron chi connectivity index (χ0n) is 13.0. The number of amides is 1. The average molecular weight is 314 g/mol. The molecule has 0 bridgehead atoms. The number of nitrogens with one attached hydrogen (secondary N) is 1. The molecule has 0 radical (unpaired) electrons. The van der Waals surface area contributed by atoms with Crippen molar-refractivity contribution in [2.75, 3.05) is 11.9 Å². The van der Waals surface area contributed by atoms with Crippen LogP contribution in [0.5, 0.6) is 0 Å². The number of nitrogens with zero attached hydrogens (tertiary/aromatic N) is 1. The molecule has 0 saturated heterocycles. The van der Waals surface area contributed by atoms with Crippen molar-refractivity contribution in [3.63, 3.8) is 0 Å². The summed E-state index contributed by atoms with van der Waals surface area (Å²) >= 11 is 0. The Balaban J connectivity index is 1.84. The Kier molecular flexibility index (Phi) is 5.30. The van der Waals surface area contributed by atoms with Crippen molar-refractivity contribution in [1.29, 1.82) is 0 Å². The number of rotatable bonds is 5. The number of ether oxygens (including phenoxy) is 1. The Morgan fingerprint density at radius 2 is 1.91 bits per heavy atom. The summed E-state index contributed by atoms with van der Waals surface area (Å²) in [6, 6.07) is 10.1. The van der Waals surface area contributed by atoms with Gasteiger partial charge in [-0.3, -0.25) is 14.4 Å². The lowest BCUT2D eigenvalue weighted by atomic mass is 10.1. The molecule has 1 aromatic heterocycles. The van der Waals surface area contributed by atoms with Gasteiger partial charge in [0, 0.05) is 18.0 Å². The summed E-state index contributed by atoms with van der Waals surface area (Å²) in [7, 11) is 0. The molecule has 0 aliphatic rings. The molecule has 0 saturated carbocycles. The first kappa shape index (κ1) is 16.5. The molecule has 1 aromatic carbocycles. The van der Waals surface area contributed by atoms with Crippen LogP contribution in [0.2, 0.25) is 0 Å². The molecule has 2 aromatic rings. The summed E-state index contributed by atoms with van der Waals surface area (Å²) in [5, 5.41) is 2.66. The van der Waals surface area contributed by atoms with Crippen LogP contribution in [0.4, 0.5) is 5.69 Å². The maximum atomic E-state index is 11.8. The van der Waals surface area contributed by atoms with E-state index >= 15 is 0 Å². The van der Waals surface area contributed by atoms with Crippen LogP contribution in [0.25, 0.3) is 0 Å². The summed E-state index contributed by atoms with van der Waals surface area (Å²) in [4.78, 5) is 34.9. The highest BCUT2D eigenvalue weighted by atomic mass is 16.5. The summed E-state index contributed by atoms with van der Waals surface area (Å²) in [6.45, 7) is 3.31. The van der Waals surface area contributed by atoms with Crippen molar-refractivity contribution in [3.8, 4) is 0 Å². The molecule has 23 heavy (non-hydrogen) atoms. The number of carbonyl (C=O) groups excluding carboxylic acids is 2. The predicted molar refractivity (Wildman–Crippen MR) is 86.2 cm³/mol. The first-order valence-electron chi connectivity index (χ1n) is 7.14. The molecule has 6 heteroatoms.